The molecule has 1 unspecified atom stereocenters. The maximum atomic E-state index is 12.9. The number of nitrogens with one attached hydrogen (secondary N) is 1. The van der Waals surface area contributed by atoms with Crippen LogP contribution in [0.3, 0.4) is 0 Å². The van der Waals surface area contributed by atoms with Gasteiger partial charge in [-0.05, 0) is 43.5 Å². The predicted octanol–water partition coefficient (Wildman–Crippen LogP) is 4.18. The quantitative estimate of drug-likeness (QED) is 0.486. The van der Waals surface area contributed by atoms with Crippen LogP contribution in [-0.4, -0.2) is 20.7 Å². The van der Waals surface area contributed by atoms with Crippen molar-refractivity contribution in [3.05, 3.63) is 69.5 Å². The third-order valence-electron chi connectivity index (χ3n) is 4.75. The number of amides is 1. The summed E-state index contributed by atoms with van der Waals surface area (Å²) < 4.78 is 1.75. The van der Waals surface area contributed by atoms with E-state index in [0.717, 1.165) is 18.4 Å². The molecule has 1 atom stereocenters. The second-order valence-corrected chi connectivity index (χ2v) is 8.60. The van der Waals surface area contributed by atoms with Gasteiger partial charge in [0.1, 0.15) is 0 Å². The number of nitrogens with zero attached hydrogens (tertiary/aromatic N) is 2. The Hall–Kier alpha value is -2.31. The lowest BCUT2D eigenvalue weighted by atomic mass is 10.2. The van der Waals surface area contributed by atoms with E-state index in [1.54, 1.807) is 16.7 Å². The van der Waals surface area contributed by atoms with Gasteiger partial charge in [0.25, 0.3) is 5.56 Å². The van der Waals surface area contributed by atoms with Gasteiger partial charge in [-0.2, -0.15) is 0 Å². The van der Waals surface area contributed by atoms with Gasteiger partial charge in [0.15, 0.2) is 5.16 Å². The fourth-order valence-corrected chi connectivity index (χ4v) is 4.25. The average molecular weight is 414 g/mol. The summed E-state index contributed by atoms with van der Waals surface area (Å²) in [5.41, 5.74) is 1.50. The van der Waals surface area contributed by atoms with E-state index < -0.39 is 0 Å². The molecule has 1 aliphatic carbocycles. The van der Waals surface area contributed by atoms with Gasteiger partial charge < -0.3 is 5.32 Å². The first kappa shape index (κ1) is 19.0. The molecule has 3 aromatic rings. The van der Waals surface area contributed by atoms with Crippen LogP contribution in [0, 0.1) is 0 Å². The first-order valence-electron chi connectivity index (χ1n) is 9.23. The lowest BCUT2D eigenvalue weighted by Gasteiger charge is -2.16. The molecular weight excluding hydrogens is 394 g/mol. The summed E-state index contributed by atoms with van der Waals surface area (Å²) in [6.45, 7) is 2.19. The molecule has 1 fully saturated rings. The SMILES string of the molecule is CC(Sc1nc2ccccc2c(=O)n1C1CC1)C(=O)NCc1ccccc1Cl. The minimum Gasteiger partial charge on any atom is -0.351 e. The maximum Gasteiger partial charge on any atom is 0.262 e. The van der Waals surface area contributed by atoms with E-state index in [9.17, 15) is 9.59 Å². The van der Waals surface area contributed by atoms with Crippen LogP contribution < -0.4 is 10.9 Å². The molecule has 0 spiro atoms. The molecule has 1 saturated carbocycles. The van der Waals surface area contributed by atoms with Crippen LogP contribution in [0.4, 0.5) is 0 Å². The topological polar surface area (TPSA) is 64.0 Å². The molecule has 1 N–H and O–H groups in total. The number of hydrogen-bond acceptors (Lipinski definition) is 4. The summed E-state index contributed by atoms with van der Waals surface area (Å²) in [5, 5.41) is 4.38. The third kappa shape index (κ3) is 3.93. The van der Waals surface area contributed by atoms with E-state index in [1.807, 2.05) is 43.3 Å². The molecule has 0 radical (unpaired) electrons. The van der Waals surface area contributed by atoms with E-state index in [-0.39, 0.29) is 22.8 Å². The lowest BCUT2D eigenvalue weighted by Crippen LogP contribution is -2.31. The van der Waals surface area contributed by atoms with E-state index in [4.69, 9.17) is 11.6 Å². The Morgan fingerprint density at radius 2 is 1.96 bits per heavy atom. The molecule has 28 heavy (non-hydrogen) atoms. The number of rotatable bonds is 6. The standard InChI is InChI=1S/C21H20ClN3O2S/c1-13(19(26)23-12-14-6-2-4-8-17(14)22)28-21-24-18-9-5-3-7-16(18)20(27)25(21)15-10-11-15/h2-9,13,15H,10-12H2,1H3,(H,23,26). The first-order valence-corrected chi connectivity index (χ1v) is 10.5. The van der Waals surface area contributed by atoms with Crippen molar-refractivity contribution in [1.82, 2.24) is 14.9 Å². The molecule has 1 aromatic heterocycles. The van der Waals surface area contributed by atoms with Gasteiger partial charge in [-0.3, -0.25) is 14.2 Å². The zero-order chi connectivity index (χ0) is 19.7. The first-order chi connectivity index (χ1) is 13.5. The third-order valence-corrected chi connectivity index (χ3v) is 6.18. The highest BCUT2D eigenvalue weighted by molar-refractivity contribution is 8.00. The van der Waals surface area contributed by atoms with Crippen molar-refractivity contribution >= 4 is 40.2 Å². The van der Waals surface area contributed by atoms with Crippen LogP contribution >= 0.6 is 23.4 Å². The van der Waals surface area contributed by atoms with Crippen molar-refractivity contribution < 1.29 is 4.79 Å². The molecule has 5 nitrogen and oxygen atoms in total. The van der Waals surface area contributed by atoms with Crippen molar-refractivity contribution in [2.45, 2.75) is 42.8 Å². The number of aromatic nitrogens is 2. The highest BCUT2D eigenvalue weighted by atomic mass is 35.5. The predicted molar refractivity (Wildman–Crippen MR) is 113 cm³/mol. The van der Waals surface area contributed by atoms with Gasteiger partial charge in [0.2, 0.25) is 5.91 Å². The smallest absolute Gasteiger partial charge is 0.262 e. The second kappa shape index (κ2) is 7.97. The molecule has 1 amide bonds. The highest BCUT2D eigenvalue weighted by Crippen LogP contribution is 2.37. The van der Waals surface area contributed by atoms with Gasteiger partial charge in [-0.25, -0.2) is 4.98 Å². The van der Waals surface area contributed by atoms with E-state index in [0.29, 0.717) is 27.6 Å². The maximum absolute atomic E-state index is 12.9. The number of carbonyl (C=O) groups is 1. The fourth-order valence-electron chi connectivity index (χ4n) is 3.04. The summed E-state index contributed by atoms with van der Waals surface area (Å²) in [7, 11) is 0. The number of thioether (sulfide) groups is 1. The van der Waals surface area contributed by atoms with Crippen molar-refractivity contribution in [2.24, 2.45) is 0 Å². The van der Waals surface area contributed by atoms with Crippen LogP contribution in [0.2, 0.25) is 5.02 Å². The van der Waals surface area contributed by atoms with Crippen LogP contribution in [0.25, 0.3) is 10.9 Å². The average Bonchev–Trinajstić information content (AvgIpc) is 3.52. The zero-order valence-electron chi connectivity index (χ0n) is 15.4. The largest absolute Gasteiger partial charge is 0.351 e. The number of benzene rings is 2. The monoisotopic (exact) mass is 413 g/mol. The normalized spacial score (nSPS) is 14.8. The summed E-state index contributed by atoms with van der Waals surface area (Å²) >= 11 is 7.47. The Kier molecular flexibility index (Phi) is 5.42. The number of hydrogen-bond donors (Lipinski definition) is 1. The Bertz CT molecular complexity index is 1090. The van der Waals surface area contributed by atoms with Crippen LogP contribution in [-0.2, 0) is 11.3 Å². The molecule has 0 aliphatic heterocycles. The summed E-state index contributed by atoms with van der Waals surface area (Å²) in [6, 6.07) is 15.0. The Morgan fingerprint density at radius 3 is 2.71 bits per heavy atom. The van der Waals surface area contributed by atoms with Crippen LogP contribution in [0.5, 0.6) is 0 Å². The molecule has 7 heteroatoms. The van der Waals surface area contributed by atoms with Gasteiger partial charge in [0, 0.05) is 17.6 Å². The van der Waals surface area contributed by atoms with Gasteiger partial charge in [0.05, 0.1) is 16.2 Å². The minimum absolute atomic E-state index is 0.0284. The molecule has 1 aliphatic rings. The molecule has 4 rings (SSSR count). The van der Waals surface area contributed by atoms with Gasteiger partial charge in [-0.15, -0.1) is 0 Å². The Balaban J connectivity index is 1.54. The molecule has 0 saturated heterocycles. The van der Waals surface area contributed by atoms with Gasteiger partial charge >= 0.3 is 0 Å². The molecule has 0 bridgehead atoms. The van der Waals surface area contributed by atoms with Crippen molar-refractivity contribution in [1.29, 1.82) is 0 Å². The Morgan fingerprint density at radius 1 is 1.25 bits per heavy atom. The molecular formula is C21H20ClN3O2S. The number of para-hydroxylation sites is 1. The molecule has 2 aromatic carbocycles. The van der Waals surface area contributed by atoms with Crippen molar-refractivity contribution in [3.63, 3.8) is 0 Å². The number of halogens is 1. The number of carbonyl (C=O) groups excluding carboxylic acids is 1. The van der Waals surface area contributed by atoms with E-state index in [2.05, 4.69) is 10.3 Å². The minimum atomic E-state index is -0.388. The summed E-state index contributed by atoms with van der Waals surface area (Å²) in [6.07, 6.45) is 1.95. The van der Waals surface area contributed by atoms with E-state index >= 15 is 0 Å². The van der Waals surface area contributed by atoms with Crippen molar-refractivity contribution in [2.75, 3.05) is 0 Å². The van der Waals surface area contributed by atoms with Crippen LogP contribution in [0.15, 0.2) is 58.5 Å². The highest BCUT2D eigenvalue weighted by Gasteiger charge is 2.30. The van der Waals surface area contributed by atoms with Gasteiger partial charge in [-0.1, -0.05) is 53.7 Å². The molecule has 144 valence electrons. The summed E-state index contributed by atoms with van der Waals surface area (Å²) in [4.78, 5) is 30.2. The second-order valence-electron chi connectivity index (χ2n) is 6.89. The fraction of sp³-hybridized carbons (Fsp3) is 0.286. The van der Waals surface area contributed by atoms with E-state index in [1.165, 1.54) is 11.8 Å². The zero-order valence-corrected chi connectivity index (χ0v) is 17.0. The molecule has 1 heterocycles. The number of fused-ring (bicyclic) bond motifs is 1. The summed E-state index contributed by atoms with van der Waals surface area (Å²) in [5.74, 6) is -0.116. The lowest BCUT2D eigenvalue weighted by molar-refractivity contribution is -0.120. The Labute approximate surface area is 172 Å². The van der Waals surface area contributed by atoms with Crippen LogP contribution in [0.1, 0.15) is 31.4 Å². The van der Waals surface area contributed by atoms with Crippen molar-refractivity contribution in [3.8, 4) is 0 Å².